The molecule has 2 aromatic rings. The van der Waals surface area contributed by atoms with Crippen molar-refractivity contribution < 1.29 is 17.2 Å². The third-order valence-corrected chi connectivity index (χ3v) is 4.13. The number of hydrogen-bond acceptors (Lipinski definition) is 3. The molecule has 2 rings (SSSR count). The van der Waals surface area contributed by atoms with Gasteiger partial charge in [0.05, 0.1) is 10.6 Å². The van der Waals surface area contributed by atoms with Gasteiger partial charge < -0.3 is 5.73 Å². The lowest BCUT2D eigenvalue weighted by Gasteiger charge is -2.10. The van der Waals surface area contributed by atoms with Crippen LogP contribution in [-0.2, 0) is 10.0 Å². The molecular weight excluding hydrogens is 310 g/mol. The quantitative estimate of drug-likeness (QED) is 0.854. The Kier molecular flexibility index (Phi) is 3.82. The van der Waals surface area contributed by atoms with Crippen LogP contribution in [0, 0.1) is 11.6 Å². The Morgan fingerprint density at radius 3 is 2.25 bits per heavy atom. The maximum absolute atomic E-state index is 13.7. The van der Waals surface area contributed by atoms with Gasteiger partial charge in [-0.3, -0.25) is 4.72 Å². The molecule has 106 valence electrons. The first-order valence-electron chi connectivity index (χ1n) is 5.33. The molecule has 0 fully saturated rings. The number of nitrogens with two attached hydrogens (primary N) is 1. The highest BCUT2D eigenvalue weighted by molar-refractivity contribution is 7.92. The van der Waals surface area contributed by atoms with Crippen molar-refractivity contribution in [2.24, 2.45) is 0 Å². The van der Waals surface area contributed by atoms with E-state index in [4.69, 9.17) is 17.3 Å². The van der Waals surface area contributed by atoms with Gasteiger partial charge in [0.25, 0.3) is 10.0 Å². The van der Waals surface area contributed by atoms with E-state index in [1.54, 1.807) is 0 Å². The fraction of sp³-hybridized carbons (Fsp3) is 0. The van der Waals surface area contributed by atoms with Gasteiger partial charge in [-0.15, -0.1) is 0 Å². The van der Waals surface area contributed by atoms with E-state index < -0.39 is 33.0 Å². The van der Waals surface area contributed by atoms with Gasteiger partial charge in [-0.25, -0.2) is 17.2 Å². The highest BCUT2D eigenvalue weighted by atomic mass is 35.5. The first-order chi connectivity index (χ1) is 9.31. The van der Waals surface area contributed by atoms with E-state index >= 15 is 0 Å². The zero-order valence-electron chi connectivity index (χ0n) is 9.90. The highest BCUT2D eigenvalue weighted by Crippen LogP contribution is 2.25. The van der Waals surface area contributed by atoms with Crippen molar-refractivity contribution in [1.29, 1.82) is 0 Å². The zero-order valence-corrected chi connectivity index (χ0v) is 11.5. The second-order valence-electron chi connectivity index (χ2n) is 3.88. The summed E-state index contributed by atoms with van der Waals surface area (Å²) in [5.41, 5.74) is 3.98. The molecule has 0 spiro atoms. The minimum Gasteiger partial charge on any atom is -0.394 e. The van der Waals surface area contributed by atoms with Crippen LogP contribution >= 0.6 is 11.6 Å². The van der Waals surface area contributed by atoms with Gasteiger partial charge in [-0.1, -0.05) is 11.6 Å². The molecule has 0 saturated carbocycles. The normalized spacial score (nSPS) is 11.3. The van der Waals surface area contributed by atoms with Gasteiger partial charge in [0, 0.05) is 5.02 Å². The molecule has 0 aliphatic rings. The Balaban J connectivity index is 2.38. The van der Waals surface area contributed by atoms with E-state index in [-0.39, 0.29) is 4.90 Å². The summed E-state index contributed by atoms with van der Waals surface area (Å²) >= 11 is 5.65. The maximum atomic E-state index is 13.7. The second-order valence-corrected chi connectivity index (χ2v) is 6.00. The Labute approximate surface area is 119 Å². The summed E-state index contributed by atoms with van der Waals surface area (Å²) in [5.74, 6) is -2.13. The first kappa shape index (κ1) is 14.5. The van der Waals surface area contributed by atoms with Crippen molar-refractivity contribution in [2.75, 3.05) is 10.5 Å². The van der Waals surface area contributed by atoms with Crippen LogP contribution in [0.4, 0.5) is 20.2 Å². The summed E-state index contributed by atoms with van der Waals surface area (Å²) in [4.78, 5) is -0.107. The number of hydrogen-bond donors (Lipinski definition) is 2. The molecular formula is C12H9ClF2N2O2S. The van der Waals surface area contributed by atoms with Crippen molar-refractivity contribution in [3.63, 3.8) is 0 Å². The summed E-state index contributed by atoms with van der Waals surface area (Å²) in [6, 6.07) is 7.11. The molecule has 8 heteroatoms. The molecule has 20 heavy (non-hydrogen) atoms. The summed E-state index contributed by atoms with van der Waals surface area (Å²) in [7, 11) is -4.01. The predicted molar refractivity (Wildman–Crippen MR) is 73.0 cm³/mol. The van der Waals surface area contributed by atoms with E-state index in [0.717, 1.165) is 12.1 Å². The highest BCUT2D eigenvalue weighted by Gasteiger charge is 2.18. The molecule has 0 aliphatic heterocycles. The topological polar surface area (TPSA) is 72.2 Å². The molecule has 0 aliphatic carbocycles. The molecule has 0 bridgehead atoms. The average molecular weight is 319 g/mol. The molecule has 4 nitrogen and oxygen atoms in total. The third kappa shape index (κ3) is 2.83. The maximum Gasteiger partial charge on any atom is 0.261 e. The van der Waals surface area contributed by atoms with Crippen LogP contribution in [0.25, 0.3) is 0 Å². The molecule has 0 radical (unpaired) electrons. The second kappa shape index (κ2) is 5.26. The number of benzene rings is 2. The number of rotatable bonds is 3. The standard InChI is InChI=1S/C12H9ClF2N2O2S/c13-7-1-3-8(4-2-7)20(18,19)17-10-6-5-9(14)12(16)11(10)15/h1-6,17H,16H2. The van der Waals surface area contributed by atoms with Crippen LogP contribution in [0.3, 0.4) is 0 Å². The fourth-order valence-electron chi connectivity index (χ4n) is 1.47. The van der Waals surface area contributed by atoms with Crippen LogP contribution < -0.4 is 10.5 Å². The van der Waals surface area contributed by atoms with E-state index in [9.17, 15) is 17.2 Å². The molecule has 2 aromatic carbocycles. The molecule has 3 N–H and O–H groups in total. The van der Waals surface area contributed by atoms with Crippen LogP contribution in [0.15, 0.2) is 41.3 Å². The van der Waals surface area contributed by atoms with Gasteiger partial charge in [-0.05, 0) is 36.4 Å². The number of sulfonamides is 1. The molecule has 0 unspecified atom stereocenters. The summed E-state index contributed by atoms with van der Waals surface area (Å²) in [6.07, 6.45) is 0. The van der Waals surface area contributed by atoms with Crippen molar-refractivity contribution in [1.82, 2.24) is 0 Å². The Hall–Kier alpha value is -1.86. The van der Waals surface area contributed by atoms with E-state index in [1.807, 2.05) is 4.72 Å². The lowest BCUT2D eigenvalue weighted by Crippen LogP contribution is -2.14. The summed E-state index contributed by atoms with van der Waals surface area (Å²) in [5, 5.41) is 0.362. The number of nitrogens with one attached hydrogen (secondary N) is 1. The van der Waals surface area contributed by atoms with Crippen molar-refractivity contribution in [3.05, 3.63) is 53.1 Å². The van der Waals surface area contributed by atoms with Gasteiger partial charge in [0.1, 0.15) is 11.5 Å². The Bertz CT molecular complexity index is 749. The van der Waals surface area contributed by atoms with Crippen LogP contribution in [0.1, 0.15) is 0 Å². The van der Waals surface area contributed by atoms with Crippen molar-refractivity contribution in [2.45, 2.75) is 4.90 Å². The Morgan fingerprint density at radius 2 is 1.65 bits per heavy atom. The van der Waals surface area contributed by atoms with E-state index in [1.165, 1.54) is 24.3 Å². The molecule has 0 heterocycles. The van der Waals surface area contributed by atoms with Gasteiger partial charge in [0.15, 0.2) is 5.82 Å². The fourth-order valence-corrected chi connectivity index (χ4v) is 2.65. The molecule has 0 aromatic heterocycles. The number of anilines is 2. The third-order valence-electron chi connectivity index (χ3n) is 2.49. The minimum absolute atomic E-state index is 0.107. The van der Waals surface area contributed by atoms with Crippen LogP contribution in [0.2, 0.25) is 5.02 Å². The van der Waals surface area contributed by atoms with Crippen molar-refractivity contribution in [3.8, 4) is 0 Å². The minimum atomic E-state index is -4.01. The lowest BCUT2D eigenvalue weighted by molar-refractivity contribution is 0.589. The average Bonchev–Trinajstić information content (AvgIpc) is 2.40. The Morgan fingerprint density at radius 1 is 1.05 bits per heavy atom. The SMILES string of the molecule is Nc1c(F)ccc(NS(=O)(=O)c2ccc(Cl)cc2)c1F. The van der Waals surface area contributed by atoms with Gasteiger partial charge >= 0.3 is 0 Å². The number of nitrogen functional groups attached to an aromatic ring is 1. The van der Waals surface area contributed by atoms with Gasteiger partial charge in [0.2, 0.25) is 0 Å². The van der Waals surface area contributed by atoms with E-state index in [2.05, 4.69) is 0 Å². The monoisotopic (exact) mass is 318 g/mol. The molecule has 0 saturated heterocycles. The van der Waals surface area contributed by atoms with Crippen LogP contribution in [-0.4, -0.2) is 8.42 Å². The first-order valence-corrected chi connectivity index (χ1v) is 7.19. The predicted octanol–water partition coefficient (Wildman–Crippen LogP) is 3.00. The number of halogens is 3. The summed E-state index contributed by atoms with van der Waals surface area (Å²) in [6.45, 7) is 0. The molecule has 0 atom stereocenters. The van der Waals surface area contributed by atoms with Gasteiger partial charge in [-0.2, -0.15) is 0 Å². The van der Waals surface area contributed by atoms with Crippen molar-refractivity contribution >= 4 is 33.0 Å². The summed E-state index contributed by atoms with van der Waals surface area (Å²) < 4.78 is 52.7. The molecule has 0 amide bonds. The zero-order chi connectivity index (χ0) is 14.9. The van der Waals surface area contributed by atoms with E-state index in [0.29, 0.717) is 5.02 Å². The lowest BCUT2D eigenvalue weighted by atomic mass is 10.2. The van der Waals surface area contributed by atoms with Crippen LogP contribution in [0.5, 0.6) is 0 Å². The smallest absolute Gasteiger partial charge is 0.261 e. The largest absolute Gasteiger partial charge is 0.394 e.